The maximum absolute atomic E-state index is 13.1. The first-order chi connectivity index (χ1) is 13.6. The number of carbonyl (C=O) groups is 2. The Balaban J connectivity index is 1.92. The summed E-state index contributed by atoms with van der Waals surface area (Å²) in [7, 11) is 0. The van der Waals surface area contributed by atoms with Crippen LogP contribution in [0.15, 0.2) is 60.7 Å². The Hall–Kier alpha value is -2.62. The summed E-state index contributed by atoms with van der Waals surface area (Å²) in [5.41, 5.74) is 2.16. The highest BCUT2D eigenvalue weighted by Crippen LogP contribution is 2.36. The van der Waals surface area contributed by atoms with Gasteiger partial charge in [0.25, 0.3) is 0 Å². The molecule has 0 amide bonds. The van der Waals surface area contributed by atoms with Gasteiger partial charge in [0, 0.05) is 12.3 Å². The fourth-order valence-electron chi connectivity index (χ4n) is 3.73. The van der Waals surface area contributed by atoms with E-state index in [0.717, 1.165) is 11.1 Å². The van der Waals surface area contributed by atoms with E-state index in [9.17, 15) is 9.59 Å². The van der Waals surface area contributed by atoms with Gasteiger partial charge in [-0.2, -0.15) is 0 Å². The number of carbonyl (C=O) groups excluding carboxylic acids is 2. The van der Waals surface area contributed by atoms with E-state index in [-0.39, 0.29) is 29.7 Å². The third-order valence-corrected chi connectivity index (χ3v) is 5.30. The van der Waals surface area contributed by atoms with Crippen molar-refractivity contribution in [3.05, 3.63) is 71.8 Å². The molecule has 0 radical (unpaired) electrons. The van der Waals surface area contributed by atoms with Crippen LogP contribution in [0.1, 0.15) is 49.7 Å². The number of esters is 2. The van der Waals surface area contributed by atoms with Gasteiger partial charge in [0.1, 0.15) is 0 Å². The Morgan fingerprint density at radius 3 is 2.07 bits per heavy atom. The predicted octanol–water partition coefficient (Wildman–Crippen LogP) is 4.73. The second-order valence-corrected chi connectivity index (χ2v) is 7.54. The number of rotatable bonds is 3. The van der Waals surface area contributed by atoms with Crippen LogP contribution in [0.2, 0.25) is 0 Å². The molecule has 4 nitrogen and oxygen atoms in total. The lowest BCUT2D eigenvalue weighted by molar-refractivity contribution is -0.153. The zero-order valence-corrected chi connectivity index (χ0v) is 16.4. The van der Waals surface area contributed by atoms with Gasteiger partial charge < -0.3 is 9.47 Å². The van der Waals surface area contributed by atoms with Gasteiger partial charge in [-0.25, -0.2) is 0 Å². The summed E-state index contributed by atoms with van der Waals surface area (Å²) in [5.74, 6) is -0.661. The van der Waals surface area contributed by atoms with Crippen LogP contribution in [-0.4, -0.2) is 25.2 Å². The monoisotopic (exact) mass is 380 g/mol. The molecule has 28 heavy (non-hydrogen) atoms. The summed E-state index contributed by atoms with van der Waals surface area (Å²) in [4.78, 5) is 25.1. The molecule has 0 aliphatic carbocycles. The molecular weight excluding hydrogens is 352 g/mol. The molecular formula is C24H28O4. The molecule has 0 N–H and O–H groups in total. The Kier molecular flexibility index (Phi) is 7.24. The van der Waals surface area contributed by atoms with Gasteiger partial charge in [-0.05, 0) is 36.3 Å². The van der Waals surface area contributed by atoms with Crippen molar-refractivity contribution >= 4 is 11.9 Å². The first-order valence-electron chi connectivity index (χ1n) is 10.1. The smallest absolute Gasteiger partial charge is 0.309 e. The first-order valence-corrected chi connectivity index (χ1v) is 10.1. The molecule has 2 aromatic rings. The summed E-state index contributed by atoms with van der Waals surface area (Å²) >= 11 is 0. The molecule has 148 valence electrons. The summed E-state index contributed by atoms with van der Waals surface area (Å²) in [6.45, 7) is 2.74. The standard InChI is InChI=1S/C24H28O4/c1-18-15-16-27-22(25)14-8-13-21(24(26)28-17-18)23(19-9-4-2-5-10-19)20-11-6-3-7-12-20/h2-7,9-12,18,21,23H,8,13-17H2,1H3. The molecule has 3 rings (SSSR count). The molecule has 1 saturated heterocycles. The fraction of sp³-hybridized carbons (Fsp3) is 0.417. The molecule has 0 spiro atoms. The van der Waals surface area contributed by atoms with Crippen LogP contribution >= 0.6 is 0 Å². The van der Waals surface area contributed by atoms with Crippen LogP contribution in [0, 0.1) is 11.8 Å². The number of hydrogen-bond donors (Lipinski definition) is 0. The zero-order chi connectivity index (χ0) is 19.8. The summed E-state index contributed by atoms with van der Waals surface area (Å²) in [5, 5.41) is 0. The lowest BCUT2D eigenvalue weighted by Crippen LogP contribution is -2.28. The molecule has 1 heterocycles. The normalized spacial score (nSPS) is 21.9. The van der Waals surface area contributed by atoms with Crippen LogP contribution in [0.25, 0.3) is 0 Å². The highest BCUT2D eigenvalue weighted by atomic mass is 16.5. The van der Waals surface area contributed by atoms with E-state index in [1.165, 1.54) is 0 Å². The molecule has 4 heteroatoms. The number of cyclic esters (lactones) is 2. The topological polar surface area (TPSA) is 52.6 Å². The van der Waals surface area contributed by atoms with E-state index in [2.05, 4.69) is 24.3 Å². The van der Waals surface area contributed by atoms with Gasteiger partial charge in [0.2, 0.25) is 0 Å². The van der Waals surface area contributed by atoms with Gasteiger partial charge >= 0.3 is 11.9 Å². The lowest BCUT2D eigenvalue weighted by Gasteiger charge is -2.28. The average molecular weight is 380 g/mol. The Morgan fingerprint density at radius 1 is 0.857 bits per heavy atom. The molecule has 2 aromatic carbocycles. The van der Waals surface area contributed by atoms with Crippen LogP contribution in [0.5, 0.6) is 0 Å². The van der Waals surface area contributed by atoms with Crippen molar-refractivity contribution in [1.82, 2.24) is 0 Å². The van der Waals surface area contributed by atoms with Crippen LogP contribution in [0.3, 0.4) is 0 Å². The van der Waals surface area contributed by atoms with Crippen molar-refractivity contribution in [3.8, 4) is 0 Å². The average Bonchev–Trinajstić information content (AvgIpc) is 2.72. The van der Waals surface area contributed by atoms with E-state index < -0.39 is 0 Å². The van der Waals surface area contributed by atoms with Crippen molar-refractivity contribution in [2.24, 2.45) is 11.8 Å². The molecule has 0 aromatic heterocycles. The Bertz CT molecular complexity index is 717. The minimum Gasteiger partial charge on any atom is -0.466 e. The third kappa shape index (κ3) is 5.44. The summed E-state index contributed by atoms with van der Waals surface area (Å²) in [6, 6.07) is 20.1. The quantitative estimate of drug-likeness (QED) is 0.722. The van der Waals surface area contributed by atoms with Crippen molar-refractivity contribution < 1.29 is 19.1 Å². The SMILES string of the molecule is CC1CCOC(=O)CCCC(C(c2ccccc2)c2ccccc2)C(=O)OC1. The van der Waals surface area contributed by atoms with E-state index in [0.29, 0.717) is 38.9 Å². The highest BCUT2D eigenvalue weighted by molar-refractivity contribution is 5.75. The van der Waals surface area contributed by atoms with Crippen LogP contribution < -0.4 is 0 Å². The number of benzene rings is 2. The lowest BCUT2D eigenvalue weighted by atomic mass is 9.78. The molecule has 1 aliphatic rings. The summed E-state index contributed by atoms with van der Waals surface area (Å²) < 4.78 is 11.0. The van der Waals surface area contributed by atoms with Crippen molar-refractivity contribution in [3.63, 3.8) is 0 Å². The molecule has 1 fully saturated rings. The zero-order valence-electron chi connectivity index (χ0n) is 16.4. The predicted molar refractivity (Wildman–Crippen MR) is 108 cm³/mol. The second kappa shape index (κ2) is 10.1. The fourth-order valence-corrected chi connectivity index (χ4v) is 3.73. The van der Waals surface area contributed by atoms with Crippen molar-refractivity contribution in [2.75, 3.05) is 13.2 Å². The number of ether oxygens (including phenoxy) is 2. The van der Waals surface area contributed by atoms with Gasteiger partial charge in [-0.15, -0.1) is 0 Å². The molecule has 0 bridgehead atoms. The largest absolute Gasteiger partial charge is 0.466 e. The minimum absolute atomic E-state index is 0.107. The number of hydrogen-bond acceptors (Lipinski definition) is 4. The summed E-state index contributed by atoms with van der Waals surface area (Å²) in [6.07, 6.45) is 2.21. The Morgan fingerprint density at radius 2 is 1.46 bits per heavy atom. The maximum Gasteiger partial charge on any atom is 0.309 e. The van der Waals surface area contributed by atoms with Gasteiger partial charge in [0.15, 0.2) is 0 Å². The van der Waals surface area contributed by atoms with Gasteiger partial charge in [0.05, 0.1) is 19.1 Å². The highest BCUT2D eigenvalue weighted by Gasteiger charge is 2.32. The van der Waals surface area contributed by atoms with E-state index >= 15 is 0 Å². The van der Waals surface area contributed by atoms with Crippen LogP contribution in [0.4, 0.5) is 0 Å². The first kappa shape index (κ1) is 20.1. The van der Waals surface area contributed by atoms with E-state index in [4.69, 9.17) is 9.47 Å². The van der Waals surface area contributed by atoms with E-state index in [1.807, 2.05) is 43.3 Å². The maximum atomic E-state index is 13.1. The van der Waals surface area contributed by atoms with Gasteiger partial charge in [-0.3, -0.25) is 9.59 Å². The molecule has 1 aliphatic heterocycles. The van der Waals surface area contributed by atoms with Gasteiger partial charge in [-0.1, -0.05) is 67.6 Å². The second-order valence-electron chi connectivity index (χ2n) is 7.54. The minimum atomic E-state index is -0.343. The van der Waals surface area contributed by atoms with Crippen molar-refractivity contribution in [2.45, 2.75) is 38.5 Å². The molecule has 2 atom stereocenters. The molecule has 2 unspecified atom stereocenters. The molecule has 0 saturated carbocycles. The van der Waals surface area contributed by atoms with Crippen molar-refractivity contribution in [1.29, 1.82) is 0 Å². The Labute approximate surface area is 166 Å². The van der Waals surface area contributed by atoms with E-state index in [1.54, 1.807) is 0 Å². The third-order valence-electron chi connectivity index (χ3n) is 5.30. The van der Waals surface area contributed by atoms with Crippen LogP contribution in [-0.2, 0) is 19.1 Å².